The molecule has 0 spiro atoms. The maximum Gasteiger partial charge on any atom is 0.322 e. The maximum atomic E-state index is 10.9. The van der Waals surface area contributed by atoms with E-state index in [0.29, 0.717) is 12.8 Å². The van der Waals surface area contributed by atoms with Crippen LogP contribution in [0.3, 0.4) is 0 Å². The maximum absolute atomic E-state index is 10.9. The zero-order valence-corrected chi connectivity index (χ0v) is 8.47. The van der Waals surface area contributed by atoms with E-state index in [1.165, 1.54) is 6.08 Å². The predicted molar refractivity (Wildman–Crippen MR) is 49.6 cm³/mol. The van der Waals surface area contributed by atoms with Crippen LogP contribution in [0.5, 0.6) is 0 Å². The van der Waals surface area contributed by atoms with Crippen molar-refractivity contribution in [2.45, 2.75) is 26.2 Å². The third-order valence-electron chi connectivity index (χ3n) is 1.23. The lowest BCUT2D eigenvalue weighted by Gasteiger charge is -2.02. The van der Waals surface area contributed by atoms with Crippen molar-refractivity contribution in [2.24, 2.45) is 0 Å². The van der Waals surface area contributed by atoms with E-state index in [0.717, 1.165) is 0 Å². The van der Waals surface area contributed by atoms with Gasteiger partial charge in [0.05, 0.1) is 12.2 Å². The van der Waals surface area contributed by atoms with Gasteiger partial charge in [0, 0.05) is 0 Å². The average Bonchev–Trinajstić information content (AvgIpc) is 1.99. The van der Waals surface area contributed by atoms with Crippen LogP contribution in [0, 0.1) is 0 Å². The van der Waals surface area contributed by atoms with Crippen LogP contribution in [0.4, 0.5) is 0 Å². The number of carbonyl (C=O) groups excluding carboxylic acids is 1. The second-order valence-corrected chi connectivity index (χ2v) is 4.23. The molecule has 0 saturated heterocycles. The molecule has 5 heteroatoms. The molecule has 0 saturated carbocycles. The van der Waals surface area contributed by atoms with Crippen LogP contribution in [-0.4, -0.2) is 20.1 Å². The fraction of sp³-hybridized carbons (Fsp3) is 0.625. The highest BCUT2D eigenvalue weighted by atomic mass is 32.2. The summed E-state index contributed by atoms with van der Waals surface area (Å²) in [4.78, 5) is 10.8. The van der Waals surface area contributed by atoms with Gasteiger partial charge in [-0.3, -0.25) is 4.79 Å². The van der Waals surface area contributed by atoms with Gasteiger partial charge >= 0.3 is 16.1 Å². The molecule has 0 atom stereocenters. The van der Waals surface area contributed by atoms with Crippen molar-refractivity contribution in [3.05, 3.63) is 12.7 Å². The molecular weight excluding hydrogens is 192 g/mol. The zero-order valence-electron chi connectivity index (χ0n) is 7.65. The van der Waals surface area contributed by atoms with Gasteiger partial charge in [0.25, 0.3) is 0 Å². The summed E-state index contributed by atoms with van der Waals surface area (Å²) in [5.74, 6) is -0.833. The molecule has 13 heavy (non-hydrogen) atoms. The normalized spacial score (nSPS) is 10.8. The molecular formula is C8H14O4S. The Kier molecular flexibility index (Phi) is 5.37. The molecule has 0 aromatic carbocycles. The monoisotopic (exact) mass is 206 g/mol. The van der Waals surface area contributed by atoms with Gasteiger partial charge < -0.3 is 4.18 Å². The van der Waals surface area contributed by atoms with Gasteiger partial charge in [-0.25, -0.2) is 0 Å². The average molecular weight is 206 g/mol. The first-order valence-electron chi connectivity index (χ1n) is 4.07. The van der Waals surface area contributed by atoms with E-state index >= 15 is 0 Å². The van der Waals surface area contributed by atoms with E-state index in [9.17, 15) is 13.2 Å². The first kappa shape index (κ1) is 12.2. The van der Waals surface area contributed by atoms with Gasteiger partial charge in [0.15, 0.2) is 0 Å². The fourth-order valence-electron chi connectivity index (χ4n) is 0.695. The summed E-state index contributed by atoms with van der Waals surface area (Å²) in [6.07, 6.45) is 2.47. The Balaban J connectivity index is 3.97. The highest BCUT2D eigenvalue weighted by Crippen LogP contribution is 2.01. The first-order valence-corrected chi connectivity index (χ1v) is 5.65. The minimum Gasteiger partial charge on any atom is -0.346 e. The molecule has 0 fully saturated rings. The minimum atomic E-state index is -3.65. The topological polar surface area (TPSA) is 60.4 Å². The predicted octanol–water partition coefficient (Wildman–Crippen LogP) is 1.24. The molecule has 0 amide bonds. The SMILES string of the molecule is C=CCCC(=O)OS(=O)(=O)CCC. The third-order valence-corrected chi connectivity index (χ3v) is 2.57. The van der Waals surface area contributed by atoms with Crippen molar-refractivity contribution < 1.29 is 17.4 Å². The van der Waals surface area contributed by atoms with Crippen LogP contribution in [0.25, 0.3) is 0 Å². The molecule has 0 radical (unpaired) electrons. The van der Waals surface area contributed by atoms with Crippen molar-refractivity contribution >= 4 is 16.1 Å². The quantitative estimate of drug-likeness (QED) is 0.484. The third kappa shape index (κ3) is 6.33. The van der Waals surface area contributed by atoms with E-state index in [-0.39, 0.29) is 12.2 Å². The minimum absolute atomic E-state index is 0.0619. The van der Waals surface area contributed by atoms with Gasteiger partial charge in [-0.1, -0.05) is 13.0 Å². The molecule has 0 heterocycles. The Morgan fingerprint density at radius 3 is 2.62 bits per heavy atom. The number of rotatable bonds is 6. The van der Waals surface area contributed by atoms with Crippen molar-refractivity contribution in [3.63, 3.8) is 0 Å². The number of allylic oxidation sites excluding steroid dienone is 1. The lowest BCUT2D eigenvalue weighted by atomic mass is 10.3. The summed E-state index contributed by atoms with van der Waals surface area (Å²) in [6, 6.07) is 0. The van der Waals surface area contributed by atoms with E-state index in [1.807, 2.05) is 0 Å². The summed E-state index contributed by atoms with van der Waals surface area (Å²) in [5, 5.41) is 0. The molecule has 4 nitrogen and oxygen atoms in total. The second-order valence-electron chi connectivity index (χ2n) is 2.54. The van der Waals surface area contributed by atoms with Crippen LogP contribution in [0.1, 0.15) is 26.2 Å². The highest BCUT2D eigenvalue weighted by Gasteiger charge is 2.14. The standard InChI is InChI=1S/C8H14O4S/c1-3-5-6-8(9)12-13(10,11)7-4-2/h3H,1,4-7H2,2H3. The Bertz CT molecular complexity index is 266. The molecule has 0 unspecified atom stereocenters. The van der Waals surface area contributed by atoms with Crippen LogP contribution in [0.2, 0.25) is 0 Å². The molecule has 0 bridgehead atoms. The van der Waals surface area contributed by atoms with E-state index in [1.54, 1.807) is 6.92 Å². The van der Waals surface area contributed by atoms with Crippen LogP contribution >= 0.6 is 0 Å². The summed E-state index contributed by atoms with van der Waals surface area (Å²) in [5.41, 5.74) is 0. The zero-order chi connectivity index (χ0) is 10.3. The first-order chi connectivity index (χ1) is 6.02. The molecule has 0 N–H and O–H groups in total. The van der Waals surface area contributed by atoms with Crippen LogP contribution in [-0.2, 0) is 19.1 Å². The van der Waals surface area contributed by atoms with Crippen molar-refractivity contribution in [3.8, 4) is 0 Å². The van der Waals surface area contributed by atoms with Gasteiger partial charge in [-0.15, -0.1) is 6.58 Å². The van der Waals surface area contributed by atoms with Crippen molar-refractivity contribution in [1.82, 2.24) is 0 Å². The fourth-order valence-corrected chi connectivity index (χ4v) is 1.64. The second kappa shape index (κ2) is 5.75. The summed E-state index contributed by atoms with van der Waals surface area (Å²) in [7, 11) is -3.65. The lowest BCUT2D eigenvalue weighted by molar-refractivity contribution is -0.133. The van der Waals surface area contributed by atoms with E-state index in [2.05, 4.69) is 10.8 Å². The molecule has 0 aromatic heterocycles. The van der Waals surface area contributed by atoms with Gasteiger partial charge in [0.1, 0.15) is 0 Å². The molecule has 0 rings (SSSR count). The van der Waals surface area contributed by atoms with Crippen molar-refractivity contribution in [1.29, 1.82) is 0 Å². The number of hydrogen-bond acceptors (Lipinski definition) is 4. The van der Waals surface area contributed by atoms with Crippen molar-refractivity contribution in [2.75, 3.05) is 5.75 Å². The summed E-state index contributed by atoms with van der Waals surface area (Å²) < 4.78 is 26.1. The van der Waals surface area contributed by atoms with Gasteiger partial charge in [-0.2, -0.15) is 8.42 Å². The summed E-state index contributed by atoms with van der Waals surface area (Å²) >= 11 is 0. The Labute approximate surface area is 78.7 Å². The Morgan fingerprint density at radius 1 is 1.54 bits per heavy atom. The molecule has 0 aromatic rings. The Hall–Kier alpha value is -0.840. The lowest BCUT2D eigenvalue weighted by Crippen LogP contribution is -2.15. The highest BCUT2D eigenvalue weighted by molar-refractivity contribution is 7.87. The van der Waals surface area contributed by atoms with Crippen LogP contribution in [0.15, 0.2) is 12.7 Å². The van der Waals surface area contributed by atoms with Gasteiger partial charge in [0.2, 0.25) is 0 Å². The largest absolute Gasteiger partial charge is 0.346 e. The molecule has 0 aliphatic heterocycles. The van der Waals surface area contributed by atoms with Gasteiger partial charge in [-0.05, 0) is 12.8 Å². The van der Waals surface area contributed by atoms with Crippen LogP contribution < -0.4 is 0 Å². The molecule has 0 aliphatic rings. The number of carbonyl (C=O) groups is 1. The molecule has 76 valence electrons. The molecule has 0 aliphatic carbocycles. The Morgan fingerprint density at radius 2 is 2.15 bits per heavy atom. The smallest absolute Gasteiger partial charge is 0.322 e. The summed E-state index contributed by atoms with van der Waals surface area (Å²) in [6.45, 7) is 5.11. The number of hydrogen-bond donors (Lipinski definition) is 0. The van der Waals surface area contributed by atoms with E-state index in [4.69, 9.17) is 0 Å². The van der Waals surface area contributed by atoms with E-state index < -0.39 is 16.1 Å².